The first kappa shape index (κ1) is 16.5. The molecular formula is C19H24N4OS. The Morgan fingerprint density at radius 2 is 2.12 bits per heavy atom. The van der Waals surface area contributed by atoms with Crippen molar-refractivity contribution in [3.8, 4) is 0 Å². The highest BCUT2D eigenvalue weighted by atomic mass is 32.1. The molecule has 0 spiro atoms. The molecule has 0 aromatic carbocycles. The molecule has 0 atom stereocenters. The summed E-state index contributed by atoms with van der Waals surface area (Å²) in [6.45, 7) is 5.55. The van der Waals surface area contributed by atoms with Gasteiger partial charge in [-0.05, 0) is 55.2 Å². The molecule has 0 bridgehead atoms. The maximum atomic E-state index is 12.7. The van der Waals surface area contributed by atoms with Gasteiger partial charge in [-0.2, -0.15) is 0 Å². The van der Waals surface area contributed by atoms with Gasteiger partial charge in [-0.15, -0.1) is 11.3 Å². The predicted octanol–water partition coefficient (Wildman–Crippen LogP) is 3.04. The monoisotopic (exact) mass is 356 g/mol. The Hall–Kier alpha value is -1.95. The summed E-state index contributed by atoms with van der Waals surface area (Å²) in [4.78, 5) is 27.3. The number of anilines is 1. The summed E-state index contributed by atoms with van der Waals surface area (Å²) in [6, 6.07) is 4.09. The van der Waals surface area contributed by atoms with Crippen molar-refractivity contribution in [3.63, 3.8) is 0 Å². The Labute approximate surface area is 152 Å². The van der Waals surface area contributed by atoms with E-state index >= 15 is 0 Å². The molecule has 2 aromatic heterocycles. The van der Waals surface area contributed by atoms with Gasteiger partial charge in [0.1, 0.15) is 0 Å². The van der Waals surface area contributed by atoms with Crippen LogP contribution in [0.2, 0.25) is 0 Å². The van der Waals surface area contributed by atoms with E-state index in [1.54, 1.807) is 0 Å². The highest BCUT2D eigenvalue weighted by Gasteiger charge is 2.27. The summed E-state index contributed by atoms with van der Waals surface area (Å²) in [5.41, 5.74) is 2.34. The van der Waals surface area contributed by atoms with Crippen molar-refractivity contribution in [2.75, 3.05) is 24.5 Å². The lowest BCUT2D eigenvalue weighted by Crippen LogP contribution is -2.39. The first-order valence-corrected chi connectivity index (χ1v) is 9.94. The van der Waals surface area contributed by atoms with Crippen LogP contribution in [0.5, 0.6) is 0 Å². The van der Waals surface area contributed by atoms with Crippen molar-refractivity contribution in [1.82, 2.24) is 14.9 Å². The maximum absolute atomic E-state index is 12.7. The summed E-state index contributed by atoms with van der Waals surface area (Å²) < 4.78 is 0. The Bertz CT molecular complexity index is 751. The second-order valence-corrected chi connectivity index (χ2v) is 8.07. The Kier molecular flexibility index (Phi) is 4.70. The fourth-order valence-corrected chi connectivity index (χ4v) is 4.65. The van der Waals surface area contributed by atoms with Crippen LogP contribution in [0.3, 0.4) is 0 Å². The standard InChI is InChI=1S/C19H24N4OS/c1-14-2-7-20-19(21-14)22-8-3-15(4-9-22)12-18(24)23-10-5-17-16(13-23)6-11-25-17/h2,6-7,11,15H,3-5,8-10,12-13H2,1H3. The van der Waals surface area contributed by atoms with Gasteiger partial charge >= 0.3 is 0 Å². The first-order chi connectivity index (χ1) is 12.2. The fourth-order valence-electron chi connectivity index (χ4n) is 3.76. The molecule has 132 valence electrons. The molecule has 1 amide bonds. The van der Waals surface area contributed by atoms with Crippen molar-refractivity contribution in [3.05, 3.63) is 39.8 Å². The SMILES string of the molecule is Cc1ccnc(N2CCC(CC(=O)N3CCc4sccc4C3)CC2)n1. The number of carbonyl (C=O) groups excluding carboxylic acids is 1. The molecule has 0 radical (unpaired) electrons. The van der Waals surface area contributed by atoms with Gasteiger partial charge in [-0.1, -0.05) is 0 Å². The maximum Gasteiger partial charge on any atom is 0.225 e. The number of amides is 1. The number of piperidine rings is 1. The number of carbonyl (C=O) groups is 1. The van der Waals surface area contributed by atoms with Crippen LogP contribution in [0.1, 0.15) is 35.4 Å². The number of fused-ring (bicyclic) bond motifs is 1. The van der Waals surface area contributed by atoms with Crippen LogP contribution in [0.15, 0.2) is 23.7 Å². The summed E-state index contributed by atoms with van der Waals surface area (Å²) >= 11 is 1.82. The van der Waals surface area contributed by atoms with Gasteiger partial charge in [0.15, 0.2) is 0 Å². The third-order valence-corrected chi connectivity index (χ3v) is 6.33. The summed E-state index contributed by atoms with van der Waals surface area (Å²) in [6.07, 6.45) is 5.60. The number of aryl methyl sites for hydroxylation is 1. The minimum Gasteiger partial charge on any atom is -0.341 e. The summed E-state index contributed by atoms with van der Waals surface area (Å²) in [5, 5.41) is 2.14. The van der Waals surface area contributed by atoms with Gasteiger partial charge in [0.2, 0.25) is 11.9 Å². The molecule has 5 nitrogen and oxygen atoms in total. The normalized spacial score (nSPS) is 18.3. The topological polar surface area (TPSA) is 49.3 Å². The van der Waals surface area contributed by atoms with E-state index < -0.39 is 0 Å². The smallest absolute Gasteiger partial charge is 0.225 e. The van der Waals surface area contributed by atoms with E-state index in [1.807, 2.05) is 35.4 Å². The van der Waals surface area contributed by atoms with Crippen LogP contribution in [0.4, 0.5) is 5.95 Å². The molecule has 2 aliphatic rings. The van der Waals surface area contributed by atoms with E-state index in [0.29, 0.717) is 18.2 Å². The Balaban J connectivity index is 1.29. The number of hydrogen-bond acceptors (Lipinski definition) is 5. The lowest BCUT2D eigenvalue weighted by molar-refractivity contribution is -0.133. The van der Waals surface area contributed by atoms with Gasteiger partial charge in [-0.25, -0.2) is 9.97 Å². The van der Waals surface area contributed by atoms with E-state index in [9.17, 15) is 4.79 Å². The van der Waals surface area contributed by atoms with E-state index in [2.05, 4.69) is 26.3 Å². The zero-order valence-electron chi connectivity index (χ0n) is 14.6. The molecule has 0 aliphatic carbocycles. The lowest BCUT2D eigenvalue weighted by Gasteiger charge is -2.33. The van der Waals surface area contributed by atoms with Crippen LogP contribution in [0, 0.1) is 12.8 Å². The largest absolute Gasteiger partial charge is 0.341 e. The number of aromatic nitrogens is 2. The predicted molar refractivity (Wildman–Crippen MR) is 99.8 cm³/mol. The number of rotatable bonds is 3. The van der Waals surface area contributed by atoms with E-state index in [1.165, 1.54) is 10.4 Å². The Morgan fingerprint density at radius 1 is 1.28 bits per heavy atom. The molecular weight excluding hydrogens is 332 g/mol. The van der Waals surface area contributed by atoms with Gasteiger partial charge in [-0.3, -0.25) is 4.79 Å². The van der Waals surface area contributed by atoms with Gasteiger partial charge in [0.05, 0.1) is 0 Å². The number of thiophene rings is 1. The lowest BCUT2D eigenvalue weighted by atomic mass is 9.92. The fraction of sp³-hybridized carbons (Fsp3) is 0.526. The van der Waals surface area contributed by atoms with E-state index in [0.717, 1.165) is 57.1 Å². The van der Waals surface area contributed by atoms with Gasteiger partial charge < -0.3 is 9.80 Å². The molecule has 25 heavy (non-hydrogen) atoms. The number of hydrogen-bond donors (Lipinski definition) is 0. The second kappa shape index (κ2) is 7.12. The van der Waals surface area contributed by atoms with Crippen molar-refractivity contribution in [1.29, 1.82) is 0 Å². The molecule has 4 heterocycles. The second-order valence-electron chi connectivity index (χ2n) is 7.07. The third-order valence-electron chi connectivity index (χ3n) is 5.30. The molecule has 0 N–H and O–H groups in total. The average molecular weight is 356 g/mol. The van der Waals surface area contributed by atoms with Crippen LogP contribution in [-0.4, -0.2) is 40.4 Å². The zero-order chi connectivity index (χ0) is 17.2. The molecule has 6 heteroatoms. The van der Waals surface area contributed by atoms with Crippen molar-refractivity contribution < 1.29 is 4.79 Å². The van der Waals surface area contributed by atoms with Crippen LogP contribution < -0.4 is 4.90 Å². The van der Waals surface area contributed by atoms with E-state index in [-0.39, 0.29) is 0 Å². The van der Waals surface area contributed by atoms with Crippen molar-refractivity contribution in [2.45, 2.75) is 39.2 Å². The van der Waals surface area contributed by atoms with Gasteiger partial charge in [0, 0.05) is 49.4 Å². The minimum atomic E-state index is 0.321. The molecule has 2 aromatic rings. The quantitative estimate of drug-likeness (QED) is 0.848. The van der Waals surface area contributed by atoms with Crippen LogP contribution in [0.25, 0.3) is 0 Å². The third kappa shape index (κ3) is 3.68. The molecule has 1 saturated heterocycles. The summed E-state index contributed by atoms with van der Waals surface area (Å²) in [5.74, 6) is 1.63. The highest BCUT2D eigenvalue weighted by Crippen LogP contribution is 2.27. The molecule has 1 fully saturated rings. The van der Waals surface area contributed by atoms with Crippen molar-refractivity contribution in [2.24, 2.45) is 5.92 Å². The molecule has 0 unspecified atom stereocenters. The first-order valence-electron chi connectivity index (χ1n) is 9.06. The molecule has 0 saturated carbocycles. The van der Waals surface area contributed by atoms with Crippen LogP contribution >= 0.6 is 11.3 Å². The van der Waals surface area contributed by atoms with Crippen LogP contribution in [-0.2, 0) is 17.8 Å². The highest BCUT2D eigenvalue weighted by molar-refractivity contribution is 7.10. The Morgan fingerprint density at radius 3 is 2.92 bits per heavy atom. The number of nitrogens with zero attached hydrogens (tertiary/aromatic N) is 4. The minimum absolute atomic E-state index is 0.321. The molecule has 2 aliphatic heterocycles. The summed E-state index contributed by atoms with van der Waals surface area (Å²) in [7, 11) is 0. The van der Waals surface area contributed by atoms with E-state index in [4.69, 9.17) is 0 Å². The van der Waals surface area contributed by atoms with Crippen molar-refractivity contribution >= 4 is 23.2 Å². The zero-order valence-corrected chi connectivity index (χ0v) is 15.5. The molecule has 4 rings (SSSR count). The average Bonchev–Trinajstić information content (AvgIpc) is 3.10. The van der Waals surface area contributed by atoms with Gasteiger partial charge in [0.25, 0.3) is 0 Å².